The molecule has 4 heterocycles. The van der Waals surface area contributed by atoms with E-state index in [-0.39, 0.29) is 24.3 Å². The number of ether oxygens (including phenoxy) is 1. The van der Waals surface area contributed by atoms with Crippen LogP contribution < -0.4 is 14.5 Å². The number of anilines is 2. The van der Waals surface area contributed by atoms with Crippen LogP contribution in [-0.4, -0.2) is 101 Å². The number of fused-ring (bicyclic) bond motifs is 2. The number of hydrogen-bond donors (Lipinski definition) is 2. The molecule has 0 saturated carbocycles. The minimum absolute atomic E-state index is 0.0555. The molecule has 2 aromatic carbocycles. The SMILES string of the molecule is C=CC(=O)N1CCN(c2nc(OC[C@H](O)CN3CCCCC3)nc3c2CCN(c2cc(O)cc4ccccc24)C3)CC1. The molecule has 2 saturated heterocycles. The van der Waals surface area contributed by atoms with Crippen molar-refractivity contribution in [3.8, 4) is 11.8 Å². The van der Waals surface area contributed by atoms with Crippen LogP contribution in [0.1, 0.15) is 30.5 Å². The number of β-amino-alcohol motifs (C(OH)–C–C–N with tert-alkyl or cyclic N) is 1. The molecule has 10 heteroatoms. The highest BCUT2D eigenvalue weighted by atomic mass is 16.5. The number of piperidine rings is 1. The maximum atomic E-state index is 12.2. The summed E-state index contributed by atoms with van der Waals surface area (Å²) in [6.45, 7) is 10.1. The minimum atomic E-state index is -0.630. The molecule has 0 aliphatic carbocycles. The molecule has 3 aliphatic rings. The lowest BCUT2D eigenvalue weighted by molar-refractivity contribution is -0.126. The van der Waals surface area contributed by atoms with Crippen LogP contribution in [-0.2, 0) is 17.8 Å². The van der Waals surface area contributed by atoms with Crippen molar-refractivity contribution >= 4 is 28.2 Å². The molecule has 6 rings (SSSR count). The Morgan fingerprint density at radius 2 is 1.79 bits per heavy atom. The van der Waals surface area contributed by atoms with Crippen molar-refractivity contribution in [2.24, 2.45) is 0 Å². The lowest BCUT2D eigenvalue weighted by Crippen LogP contribution is -2.49. The van der Waals surface area contributed by atoms with Gasteiger partial charge in [0.2, 0.25) is 5.91 Å². The number of carbonyl (C=O) groups is 1. The summed E-state index contributed by atoms with van der Waals surface area (Å²) in [5.74, 6) is 1.02. The predicted octanol–water partition coefficient (Wildman–Crippen LogP) is 2.96. The van der Waals surface area contributed by atoms with Crippen LogP contribution in [0.15, 0.2) is 49.1 Å². The predicted molar refractivity (Wildman–Crippen MR) is 163 cm³/mol. The maximum Gasteiger partial charge on any atom is 0.318 e. The molecular formula is C32H40N6O4. The summed E-state index contributed by atoms with van der Waals surface area (Å²) in [6, 6.07) is 11.9. The van der Waals surface area contributed by atoms with E-state index in [1.807, 2.05) is 24.3 Å². The second-order valence-electron chi connectivity index (χ2n) is 11.5. The van der Waals surface area contributed by atoms with Crippen LogP contribution >= 0.6 is 0 Å². The lowest BCUT2D eigenvalue weighted by atomic mass is 10.0. The van der Waals surface area contributed by atoms with E-state index >= 15 is 0 Å². The summed E-state index contributed by atoms with van der Waals surface area (Å²) in [5.41, 5.74) is 2.93. The molecule has 3 aromatic rings. The van der Waals surface area contributed by atoms with Crippen LogP contribution in [0.4, 0.5) is 11.5 Å². The highest BCUT2D eigenvalue weighted by Gasteiger charge is 2.29. The van der Waals surface area contributed by atoms with Crippen molar-refractivity contribution in [3.63, 3.8) is 0 Å². The molecular weight excluding hydrogens is 532 g/mol. The summed E-state index contributed by atoms with van der Waals surface area (Å²) < 4.78 is 6.05. The molecule has 0 bridgehead atoms. The summed E-state index contributed by atoms with van der Waals surface area (Å²) in [7, 11) is 0. The molecule has 0 radical (unpaired) electrons. The highest BCUT2D eigenvalue weighted by Crippen LogP contribution is 2.36. The quantitative estimate of drug-likeness (QED) is 0.394. The molecule has 0 spiro atoms. The zero-order chi connectivity index (χ0) is 29.1. The monoisotopic (exact) mass is 572 g/mol. The van der Waals surface area contributed by atoms with Crippen molar-refractivity contribution in [1.82, 2.24) is 19.8 Å². The number of rotatable bonds is 8. The smallest absolute Gasteiger partial charge is 0.318 e. The fraction of sp³-hybridized carbons (Fsp3) is 0.469. The molecule has 42 heavy (non-hydrogen) atoms. The number of aliphatic hydroxyl groups excluding tert-OH is 1. The van der Waals surface area contributed by atoms with Gasteiger partial charge in [0.05, 0.1) is 12.2 Å². The first-order valence-corrected chi connectivity index (χ1v) is 15.0. The van der Waals surface area contributed by atoms with Crippen molar-refractivity contribution in [2.45, 2.75) is 38.3 Å². The van der Waals surface area contributed by atoms with Crippen LogP contribution in [0.5, 0.6) is 11.8 Å². The first-order chi connectivity index (χ1) is 20.5. The Kier molecular flexibility index (Phi) is 8.43. The zero-order valence-corrected chi connectivity index (χ0v) is 24.1. The average Bonchev–Trinajstić information content (AvgIpc) is 3.03. The number of aromatic nitrogens is 2. The molecule has 1 atom stereocenters. The molecule has 1 aromatic heterocycles. The Labute approximate surface area is 246 Å². The van der Waals surface area contributed by atoms with Gasteiger partial charge >= 0.3 is 6.01 Å². The number of hydrogen-bond acceptors (Lipinski definition) is 9. The number of amides is 1. The van der Waals surface area contributed by atoms with Gasteiger partial charge < -0.3 is 34.5 Å². The summed E-state index contributed by atoms with van der Waals surface area (Å²) in [4.78, 5) is 30.4. The number of carbonyl (C=O) groups excluding carboxylic acids is 1. The number of phenols is 1. The molecule has 1 amide bonds. The molecule has 222 valence electrons. The van der Waals surface area contributed by atoms with Crippen LogP contribution in [0, 0.1) is 0 Å². The molecule has 0 unspecified atom stereocenters. The van der Waals surface area contributed by atoms with E-state index in [1.54, 1.807) is 11.0 Å². The highest BCUT2D eigenvalue weighted by molar-refractivity contribution is 5.95. The second-order valence-corrected chi connectivity index (χ2v) is 11.5. The van der Waals surface area contributed by atoms with Gasteiger partial charge in [0.15, 0.2) is 0 Å². The molecule has 3 aliphatic heterocycles. The fourth-order valence-electron chi connectivity index (χ4n) is 6.39. The van der Waals surface area contributed by atoms with E-state index in [9.17, 15) is 15.0 Å². The van der Waals surface area contributed by atoms with Crippen LogP contribution in [0.2, 0.25) is 0 Å². The number of piperazine rings is 1. The number of nitrogens with zero attached hydrogens (tertiary/aromatic N) is 6. The van der Waals surface area contributed by atoms with Gasteiger partial charge in [0.1, 0.15) is 24.3 Å². The van der Waals surface area contributed by atoms with E-state index in [2.05, 4.69) is 27.3 Å². The lowest BCUT2D eigenvalue weighted by Gasteiger charge is -2.38. The van der Waals surface area contributed by atoms with E-state index in [1.165, 1.54) is 25.3 Å². The van der Waals surface area contributed by atoms with Crippen molar-refractivity contribution in [1.29, 1.82) is 0 Å². The summed E-state index contributed by atoms with van der Waals surface area (Å²) in [6.07, 6.45) is 5.06. The number of aromatic hydroxyl groups is 1. The largest absolute Gasteiger partial charge is 0.508 e. The van der Waals surface area contributed by atoms with Gasteiger partial charge in [-0.2, -0.15) is 9.97 Å². The van der Waals surface area contributed by atoms with Crippen molar-refractivity contribution in [3.05, 3.63) is 60.3 Å². The fourth-order valence-corrected chi connectivity index (χ4v) is 6.39. The second kappa shape index (κ2) is 12.5. The Balaban J connectivity index is 1.26. The number of aliphatic hydroxyl groups is 1. The number of benzene rings is 2. The third-order valence-corrected chi connectivity index (χ3v) is 8.58. The van der Waals surface area contributed by atoms with Gasteiger partial charge in [0.25, 0.3) is 0 Å². The maximum absolute atomic E-state index is 12.2. The van der Waals surface area contributed by atoms with Gasteiger partial charge in [-0.25, -0.2) is 0 Å². The third-order valence-electron chi connectivity index (χ3n) is 8.58. The van der Waals surface area contributed by atoms with Crippen molar-refractivity contribution in [2.75, 3.05) is 68.8 Å². The molecule has 10 nitrogen and oxygen atoms in total. The van der Waals surface area contributed by atoms with Gasteiger partial charge in [-0.05, 0) is 49.9 Å². The number of likely N-dealkylation sites (tertiary alicyclic amines) is 1. The van der Waals surface area contributed by atoms with E-state index in [0.29, 0.717) is 39.3 Å². The van der Waals surface area contributed by atoms with E-state index in [4.69, 9.17) is 14.7 Å². The first-order valence-electron chi connectivity index (χ1n) is 15.0. The molecule has 2 fully saturated rings. The summed E-state index contributed by atoms with van der Waals surface area (Å²) >= 11 is 0. The Morgan fingerprint density at radius 3 is 2.57 bits per heavy atom. The topological polar surface area (TPSA) is 106 Å². The minimum Gasteiger partial charge on any atom is -0.508 e. The standard InChI is InChI=1S/C32H40N6O4/c1-2-30(41)36-14-16-37(17-15-36)31-27-10-13-38(29-19-24(39)18-23-8-4-5-9-26(23)29)21-28(27)33-32(34-31)42-22-25(40)20-35-11-6-3-7-12-35/h2,4-5,8-9,18-19,25,39-40H,1,3,6-7,10-17,20-22H2/t25-/m1/s1. The van der Waals surface area contributed by atoms with Gasteiger partial charge in [-0.3, -0.25) is 4.79 Å². The number of phenolic OH excluding ortho intramolecular Hbond substituents is 1. The van der Waals surface area contributed by atoms with Gasteiger partial charge in [0, 0.05) is 62.0 Å². The zero-order valence-electron chi connectivity index (χ0n) is 24.1. The van der Waals surface area contributed by atoms with Crippen LogP contribution in [0.3, 0.4) is 0 Å². The van der Waals surface area contributed by atoms with E-state index in [0.717, 1.165) is 59.6 Å². The van der Waals surface area contributed by atoms with Crippen molar-refractivity contribution < 1.29 is 19.7 Å². The molecule has 2 N–H and O–H groups in total. The Morgan fingerprint density at radius 1 is 1.00 bits per heavy atom. The average molecular weight is 573 g/mol. The van der Waals surface area contributed by atoms with Gasteiger partial charge in [-0.15, -0.1) is 0 Å². The Bertz CT molecular complexity index is 1430. The summed E-state index contributed by atoms with van der Waals surface area (Å²) in [5, 5.41) is 23.3. The Hall–Kier alpha value is -3.89. The first kappa shape index (κ1) is 28.2. The third kappa shape index (κ3) is 6.15. The normalized spacial score (nSPS) is 18.5. The van der Waals surface area contributed by atoms with Gasteiger partial charge in [-0.1, -0.05) is 37.3 Å². The van der Waals surface area contributed by atoms with E-state index < -0.39 is 6.10 Å². The van der Waals surface area contributed by atoms with Crippen LogP contribution in [0.25, 0.3) is 10.8 Å².